The van der Waals surface area contributed by atoms with Crippen LogP contribution in [0.15, 0.2) is 57.4 Å². The minimum absolute atomic E-state index is 0.0766. The van der Waals surface area contributed by atoms with Crippen LogP contribution in [0.25, 0.3) is 22.6 Å². The number of rotatable bonds is 6. The van der Waals surface area contributed by atoms with Gasteiger partial charge in [0, 0.05) is 22.3 Å². The molecule has 30 heavy (non-hydrogen) atoms. The van der Waals surface area contributed by atoms with Crippen molar-refractivity contribution in [2.24, 2.45) is 0 Å². The molecule has 0 radical (unpaired) electrons. The summed E-state index contributed by atoms with van der Waals surface area (Å²) < 4.78 is 12.1. The number of aryl methyl sites for hydroxylation is 1. The van der Waals surface area contributed by atoms with Gasteiger partial charge >= 0.3 is 0 Å². The van der Waals surface area contributed by atoms with Crippen molar-refractivity contribution in [1.29, 1.82) is 0 Å². The SMILES string of the molecule is CCOc1cc(Br)cc(CNc2ccc(O)c(-c3nc4ccc(C)cc4o3)c2)c1O. The monoisotopic (exact) mass is 468 g/mol. The first-order valence-electron chi connectivity index (χ1n) is 9.53. The first kappa shape index (κ1) is 20.1. The van der Waals surface area contributed by atoms with E-state index < -0.39 is 0 Å². The second-order valence-corrected chi connectivity index (χ2v) is 7.84. The number of fused-ring (bicyclic) bond motifs is 1. The maximum atomic E-state index is 10.5. The molecule has 0 saturated heterocycles. The minimum atomic E-state index is 0.0766. The molecule has 1 aromatic heterocycles. The highest BCUT2D eigenvalue weighted by molar-refractivity contribution is 9.10. The predicted octanol–water partition coefficient (Wildman–Crippen LogP) is 5.99. The Labute approximate surface area is 182 Å². The molecule has 0 bridgehead atoms. The summed E-state index contributed by atoms with van der Waals surface area (Å²) in [7, 11) is 0. The van der Waals surface area contributed by atoms with E-state index in [1.54, 1.807) is 24.3 Å². The number of ether oxygens (including phenoxy) is 1. The Kier molecular flexibility index (Phi) is 5.55. The number of anilines is 1. The van der Waals surface area contributed by atoms with Gasteiger partial charge in [0.2, 0.25) is 5.89 Å². The van der Waals surface area contributed by atoms with Crippen molar-refractivity contribution in [3.63, 3.8) is 0 Å². The molecule has 0 aliphatic carbocycles. The second kappa shape index (κ2) is 8.28. The highest BCUT2D eigenvalue weighted by Gasteiger charge is 2.14. The van der Waals surface area contributed by atoms with E-state index in [1.165, 1.54) is 0 Å². The van der Waals surface area contributed by atoms with Crippen molar-refractivity contribution in [3.05, 3.63) is 64.1 Å². The zero-order valence-corrected chi connectivity index (χ0v) is 18.2. The van der Waals surface area contributed by atoms with E-state index in [0.29, 0.717) is 41.5 Å². The van der Waals surface area contributed by atoms with Crippen LogP contribution in [0.3, 0.4) is 0 Å². The molecule has 7 heteroatoms. The largest absolute Gasteiger partial charge is 0.507 e. The molecule has 0 aliphatic heterocycles. The number of benzene rings is 3. The fraction of sp³-hybridized carbons (Fsp3) is 0.174. The fourth-order valence-electron chi connectivity index (χ4n) is 3.19. The normalized spacial score (nSPS) is 11.0. The summed E-state index contributed by atoms with van der Waals surface area (Å²) in [5.41, 5.74) is 4.40. The van der Waals surface area contributed by atoms with E-state index in [4.69, 9.17) is 9.15 Å². The van der Waals surface area contributed by atoms with Crippen LogP contribution >= 0.6 is 15.9 Å². The van der Waals surface area contributed by atoms with Gasteiger partial charge in [-0.2, -0.15) is 0 Å². The smallest absolute Gasteiger partial charge is 0.231 e. The molecule has 154 valence electrons. The number of hydrogen-bond donors (Lipinski definition) is 3. The third-order valence-corrected chi connectivity index (χ3v) is 5.13. The van der Waals surface area contributed by atoms with E-state index in [-0.39, 0.29) is 11.5 Å². The van der Waals surface area contributed by atoms with Crippen molar-refractivity contribution < 1.29 is 19.4 Å². The highest BCUT2D eigenvalue weighted by Crippen LogP contribution is 2.36. The van der Waals surface area contributed by atoms with Crippen molar-refractivity contribution in [3.8, 4) is 28.7 Å². The average Bonchev–Trinajstić information content (AvgIpc) is 3.13. The molecule has 0 aliphatic rings. The molecule has 6 nitrogen and oxygen atoms in total. The zero-order valence-electron chi connectivity index (χ0n) is 16.6. The minimum Gasteiger partial charge on any atom is -0.507 e. The van der Waals surface area contributed by atoms with Crippen LogP contribution in [-0.2, 0) is 6.54 Å². The Morgan fingerprint density at radius 2 is 1.93 bits per heavy atom. The van der Waals surface area contributed by atoms with Crippen LogP contribution in [0.5, 0.6) is 17.2 Å². The Bertz CT molecular complexity index is 1220. The van der Waals surface area contributed by atoms with Gasteiger partial charge in [-0.25, -0.2) is 4.98 Å². The number of nitrogens with zero attached hydrogens (tertiary/aromatic N) is 1. The van der Waals surface area contributed by atoms with Gasteiger partial charge in [-0.05, 0) is 61.9 Å². The maximum Gasteiger partial charge on any atom is 0.231 e. The third kappa shape index (κ3) is 4.07. The summed E-state index contributed by atoms with van der Waals surface area (Å²) in [5.74, 6) is 0.950. The van der Waals surface area contributed by atoms with Gasteiger partial charge in [0.1, 0.15) is 11.3 Å². The van der Waals surface area contributed by atoms with E-state index in [9.17, 15) is 10.2 Å². The first-order chi connectivity index (χ1) is 14.4. The van der Waals surface area contributed by atoms with Crippen LogP contribution in [0.4, 0.5) is 5.69 Å². The first-order valence-corrected chi connectivity index (χ1v) is 10.3. The summed E-state index contributed by atoms with van der Waals surface area (Å²) in [6.45, 7) is 4.67. The van der Waals surface area contributed by atoms with Crippen molar-refractivity contribution >= 4 is 32.7 Å². The number of nitrogens with one attached hydrogen (secondary N) is 1. The zero-order chi connectivity index (χ0) is 21.3. The second-order valence-electron chi connectivity index (χ2n) is 6.92. The van der Waals surface area contributed by atoms with Crippen LogP contribution in [0, 0.1) is 6.92 Å². The lowest BCUT2D eigenvalue weighted by atomic mass is 10.1. The Balaban J connectivity index is 1.61. The molecule has 3 N–H and O–H groups in total. The summed E-state index contributed by atoms with van der Waals surface area (Å²) in [6.07, 6.45) is 0. The van der Waals surface area contributed by atoms with Gasteiger partial charge in [0.05, 0.1) is 12.2 Å². The van der Waals surface area contributed by atoms with Crippen LogP contribution in [-0.4, -0.2) is 21.8 Å². The number of hydrogen-bond acceptors (Lipinski definition) is 6. The molecule has 0 spiro atoms. The Morgan fingerprint density at radius 1 is 1.10 bits per heavy atom. The lowest BCUT2D eigenvalue weighted by Gasteiger charge is -2.13. The molecule has 3 aromatic carbocycles. The molecule has 4 rings (SSSR count). The van der Waals surface area contributed by atoms with E-state index in [1.807, 2.05) is 38.1 Å². The number of halogens is 1. The van der Waals surface area contributed by atoms with Gasteiger partial charge in [-0.1, -0.05) is 22.0 Å². The number of phenolic OH excluding ortho intramolecular Hbond substituents is 2. The Hall–Kier alpha value is -3.19. The van der Waals surface area contributed by atoms with Gasteiger partial charge in [0.25, 0.3) is 0 Å². The van der Waals surface area contributed by atoms with E-state index in [2.05, 4.69) is 26.2 Å². The van der Waals surface area contributed by atoms with Crippen molar-refractivity contribution in [1.82, 2.24) is 4.98 Å². The van der Waals surface area contributed by atoms with E-state index >= 15 is 0 Å². The lowest BCUT2D eigenvalue weighted by Crippen LogP contribution is -2.02. The molecule has 0 fully saturated rings. The number of aromatic hydroxyl groups is 2. The quantitative estimate of drug-likeness (QED) is 0.301. The number of phenols is 2. The summed E-state index contributed by atoms with van der Waals surface area (Å²) in [4.78, 5) is 4.48. The van der Waals surface area contributed by atoms with Gasteiger partial charge in [0.15, 0.2) is 17.1 Å². The lowest BCUT2D eigenvalue weighted by molar-refractivity contribution is 0.316. The van der Waals surface area contributed by atoms with Gasteiger partial charge < -0.3 is 24.7 Å². The molecular weight excluding hydrogens is 448 g/mol. The maximum absolute atomic E-state index is 10.5. The molecule has 1 heterocycles. The van der Waals surface area contributed by atoms with Gasteiger partial charge in [-0.3, -0.25) is 0 Å². The Morgan fingerprint density at radius 3 is 2.73 bits per heavy atom. The predicted molar refractivity (Wildman–Crippen MR) is 120 cm³/mol. The molecule has 0 atom stereocenters. The average molecular weight is 469 g/mol. The van der Waals surface area contributed by atoms with Crippen LogP contribution in [0.2, 0.25) is 0 Å². The van der Waals surface area contributed by atoms with Crippen LogP contribution in [0.1, 0.15) is 18.1 Å². The molecule has 0 saturated carbocycles. The van der Waals surface area contributed by atoms with Crippen LogP contribution < -0.4 is 10.1 Å². The number of aromatic nitrogens is 1. The molecular formula is C23H21BrN2O4. The summed E-state index contributed by atoms with van der Waals surface area (Å²) in [5, 5.41) is 24.1. The molecule has 0 amide bonds. The van der Waals surface area contributed by atoms with Crippen molar-refractivity contribution in [2.45, 2.75) is 20.4 Å². The fourth-order valence-corrected chi connectivity index (χ4v) is 3.67. The summed E-state index contributed by atoms with van der Waals surface area (Å²) >= 11 is 3.44. The molecule has 4 aromatic rings. The summed E-state index contributed by atoms with van der Waals surface area (Å²) in [6, 6.07) is 14.4. The standard InChI is InChI=1S/C23H21BrN2O4/c1-3-29-21-10-15(24)9-14(22(21)28)12-25-16-5-7-19(27)17(11-16)23-26-18-6-4-13(2)8-20(18)30-23/h4-11,25,27-28H,3,12H2,1-2H3. The van der Waals surface area contributed by atoms with Gasteiger partial charge in [-0.15, -0.1) is 0 Å². The number of oxazole rings is 1. The molecule has 0 unspecified atom stereocenters. The highest BCUT2D eigenvalue weighted by atomic mass is 79.9. The third-order valence-electron chi connectivity index (χ3n) is 4.67. The topological polar surface area (TPSA) is 87.8 Å². The van der Waals surface area contributed by atoms with Crippen molar-refractivity contribution in [2.75, 3.05) is 11.9 Å². The van der Waals surface area contributed by atoms with E-state index in [0.717, 1.165) is 21.2 Å².